The lowest BCUT2D eigenvalue weighted by Gasteiger charge is -2.16. The molecule has 1 aromatic carbocycles. The maximum Gasteiger partial charge on any atom is 0.328 e. The molecule has 1 atom stereocenters. The van der Waals surface area contributed by atoms with Gasteiger partial charge in [0.05, 0.1) is 0 Å². The molecule has 2 rings (SSSR count). The van der Waals surface area contributed by atoms with Gasteiger partial charge in [-0.2, -0.15) is 0 Å². The molecule has 0 spiro atoms. The van der Waals surface area contributed by atoms with Crippen molar-refractivity contribution < 1.29 is 19.0 Å². The Kier molecular flexibility index (Phi) is 4.49. The van der Waals surface area contributed by atoms with Crippen LogP contribution in [-0.4, -0.2) is 18.8 Å². The van der Waals surface area contributed by atoms with Crippen molar-refractivity contribution in [2.24, 2.45) is 5.73 Å². The largest absolute Gasteiger partial charge is 0.454 e. The molecule has 5 heteroatoms. The molecule has 0 amide bonds. The first-order chi connectivity index (χ1) is 9.52. The van der Waals surface area contributed by atoms with Crippen LogP contribution in [0.25, 0.3) is 0 Å². The summed E-state index contributed by atoms with van der Waals surface area (Å²) in [4.78, 5) is 12.0. The van der Waals surface area contributed by atoms with Gasteiger partial charge in [-0.25, -0.2) is 4.79 Å². The summed E-state index contributed by atoms with van der Waals surface area (Å²) in [5.41, 5.74) is 6.69. The van der Waals surface area contributed by atoms with Crippen LogP contribution in [0.4, 0.5) is 0 Å². The van der Waals surface area contributed by atoms with Crippen LogP contribution in [0.1, 0.15) is 45.1 Å². The lowest BCUT2D eigenvalue weighted by atomic mass is 10.0. The van der Waals surface area contributed by atoms with Gasteiger partial charge in [0.25, 0.3) is 0 Å². The maximum absolute atomic E-state index is 12.0. The Labute approximate surface area is 119 Å². The summed E-state index contributed by atoms with van der Waals surface area (Å²) in [5.74, 6) is 1.58. The van der Waals surface area contributed by atoms with Crippen LogP contribution >= 0.6 is 0 Å². The zero-order valence-electron chi connectivity index (χ0n) is 12.1. The summed E-state index contributed by atoms with van der Waals surface area (Å²) in [6, 6.07) is 2.97. The maximum atomic E-state index is 12.0. The van der Waals surface area contributed by atoms with Gasteiger partial charge in [-0.3, -0.25) is 0 Å². The number of hydrogen-bond donors (Lipinski definition) is 1. The number of benzene rings is 1. The number of carbonyl (C=O) groups excluding carboxylic acids is 1. The Bertz CT molecular complexity index is 499. The highest BCUT2D eigenvalue weighted by atomic mass is 16.7. The minimum Gasteiger partial charge on any atom is -0.454 e. The van der Waals surface area contributed by atoms with Gasteiger partial charge in [0.1, 0.15) is 11.8 Å². The lowest BCUT2D eigenvalue weighted by Crippen LogP contribution is -2.34. The average molecular weight is 279 g/mol. The molecular formula is C15H21NO4. The fourth-order valence-electron chi connectivity index (χ4n) is 2.09. The van der Waals surface area contributed by atoms with Gasteiger partial charge >= 0.3 is 5.97 Å². The number of hydrogen-bond acceptors (Lipinski definition) is 5. The van der Waals surface area contributed by atoms with Crippen molar-refractivity contribution in [1.29, 1.82) is 0 Å². The molecule has 110 valence electrons. The van der Waals surface area contributed by atoms with E-state index < -0.39 is 12.0 Å². The Morgan fingerprint density at radius 3 is 2.60 bits per heavy atom. The highest BCUT2D eigenvalue weighted by molar-refractivity contribution is 5.78. The predicted molar refractivity (Wildman–Crippen MR) is 75.2 cm³/mol. The Balaban J connectivity index is 2.24. The molecule has 0 saturated carbocycles. The Morgan fingerprint density at radius 2 is 2.00 bits per heavy atom. The van der Waals surface area contributed by atoms with Crippen LogP contribution in [0.2, 0.25) is 0 Å². The van der Waals surface area contributed by atoms with E-state index in [0.717, 1.165) is 12.0 Å². The van der Waals surface area contributed by atoms with E-state index in [1.54, 1.807) is 6.07 Å². The second-order valence-corrected chi connectivity index (χ2v) is 5.21. The van der Waals surface area contributed by atoms with E-state index >= 15 is 0 Å². The van der Waals surface area contributed by atoms with Gasteiger partial charge in [0.15, 0.2) is 11.5 Å². The molecular weight excluding hydrogens is 258 g/mol. The van der Waals surface area contributed by atoms with Crippen molar-refractivity contribution in [2.75, 3.05) is 6.79 Å². The highest BCUT2D eigenvalue weighted by Crippen LogP contribution is 2.40. The molecule has 1 aliphatic heterocycles. The van der Waals surface area contributed by atoms with Crippen LogP contribution in [0.3, 0.4) is 0 Å². The summed E-state index contributed by atoms with van der Waals surface area (Å²) in [5, 5.41) is 0. The van der Waals surface area contributed by atoms with E-state index in [2.05, 4.69) is 0 Å². The third-order valence-electron chi connectivity index (χ3n) is 3.24. The zero-order chi connectivity index (χ0) is 14.7. The normalized spacial score (nSPS) is 14.4. The minimum absolute atomic E-state index is 0.194. The zero-order valence-corrected chi connectivity index (χ0v) is 12.1. The minimum atomic E-state index is -0.592. The molecule has 0 aromatic heterocycles. The third-order valence-corrected chi connectivity index (χ3v) is 3.24. The fourth-order valence-corrected chi connectivity index (χ4v) is 2.09. The van der Waals surface area contributed by atoms with Gasteiger partial charge in [0.2, 0.25) is 6.79 Å². The number of nitrogens with two attached hydrogens (primary N) is 1. The van der Waals surface area contributed by atoms with E-state index in [1.165, 1.54) is 0 Å². The van der Waals surface area contributed by atoms with E-state index in [0.29, 0.717) is 23.7 Å². The molecule has 0 aliphatic carbocycles. The SMILES string of the molecule is CCCC(N)C(=O)Oc1cc2c(cc1C(C)C)OCO2. The second kappa shape index (κ2) is 6.13. The molecule has 2 N–H and O–H groups in total. The van der Waals surface area contributed by atoms with E-state index in [-0.39, 0.29) is 12.7 Å². The van der Waals surface area contributed by atoms with E-state index in [9.17, 15) is 4.79 Å². The number of fused-ring (bicyclic) bond motifs is 1. The van der Waals surface area contributed by atoms with Gasteiger partial charge < -0.3 is 19.9 Å². The summed E-state index contributed by atoms with van der Waals surface area (Å²) < 4.78 is 16.1. The molecule has 0 bridgehead atoms. The Morgan fingerprint density at radius 1 is 1.35 bits per heavy atom. The fraction of sp³-hybridized carbons (Fsp3) is 0.533. The second-order valence-electron chi connectivity index (χ2n) is 5.21. The molecule has 5 nitrogen and oxygen atoms in total. The van der Waals surface area contributed by atoms with Crippen molar-refractivity contribution in [3.8, 4) is 17.2 Å². The topological polar surface area (TPSA) is 70.8 Å². The van der Waals surface area contributed by atoms with Crippen molar-refractivity contribution in [1.82, 2.24) is 0 Å². The Hall–Kier alpha value is -1.75. The summed E-state index contributed by atoms with van der Waals surface area (Å²) in [6.45, 7) is 6.23. The molecule has 1 aliphatic rings. The molecule has 0 radical (unpaired) electrons. The number of carbonyl (C=O) groups is 1. The molecule has 20 heavy (non-hydrogen) atoms. The predicted octanol–water partition coefficient (Wildman–Crippen LogP) is 2.57. The molecule has 1 aromatic rings. The van der Waals surface area contributed by atoms with Gasteiger partial charge in [-0.05, 0) is 18.4 Å². The van der Waals surface area contributed by atoms with Crippen molar-refractivity contribution in [3.63, 3.8) is 0 Å². The number of esters is 1. The molecule has 0 saturated heterocycles. The summed E-state index contributed by atoms with van der Waals surface area (Å²) in [6.07, 6.45) is 1.45. The van der Waals surface area contributed by atoms with Gasteiger partial charge in [0, 0.05) is 11.6 Å². The summed E-state index contributed by atoms with van der Waals surface area (Å²) in [7, 11) is 0. The van der Waals surface area contributed by atoms with Crippen LogP contribution in [0.15, 0.2) is 12.1 Å². The first-order valence-electron chi connectivity index (χ1n) is 6.93. The van der Waals surface area contributed by atoms with E-state index in [1.807, 2.05) is 26.8 Å². The van der Waals surface area contributed by atoms with Gasteiger partial charge in [-0.15, -0.1) is 0 Å². The summed E-state index contributed by atoms with van der Waals surface area (Å²) >= 11 is 0. The van der Waals surface area contributed by atoms with Crippen molar-refractivity contribution >= 4 is 5.97 Å². The van der Waals surface area contributed by atoms with E-state index in [4.69, 9.17) is 19.9 Å². The highest BCUT2D eigenvalue weighted by Gasteiger charge is 2.23. The van der Waals surface area contributed by atoms with Gasteiger partial charge in [-0.1, -0.05) is 27.2 Å². The standard InChI is InChI=1S/C15H21NO4/c1-4-5-11(16)15(17)20-12-7-14-13(18-8-19-14)6-10(12)9(2)3/h6-7,9,11H,4-5,8,16H2,1-3H3. The molecule has 0 fully saturated rings. The van der Waals surface area contributed by atoms with Crippen LogP contribution in [0.5, 0.6) is 17.2 Å². The van der Waals surface area contributed by atoms with Crippen molar-refractivity contribution in [3.05, 3.63) is 17.7 Å². The third kappa shape index (κ3) is 3.04. The lowest BCUT2D eigenvalue weighted by molar-refractivity contribution is -0.136. The first-order valence-corrected chi connectivity index (χ1v) is 6.93. The number of ether oxygens (including phenoxy) is 3. The van der Waals surface area contributed by atoms with Crippen LogP contribution in [0, 0.1) is 0 Å². The quantitative estimate of drug-likeness (QED) is 0.662. The molecule has 1 heterocycles. The van der Waals surface area contributed by atoms with Crippen LogP contribution in [-0.2, 0) is 4.79 Å². The smallest absolute Gasteiger partial charge is 0.328 e. The average Bonchev–Trinajstić information content (AvgIpc) is 2.84. The van der Waals surface area contributed by atoms with Crippen molar-refractivity contribution in [2.45, 2.75) is 45.6 Å². The van der Waals surface area contributed by atoms with Crippen LogP contribution < -0.4 is 19.9 Å². The molecule has 1 unspecified atom stereocenters. The number of rotatable bonds is 5. The first kappa shape index (κ1) is 14.7. The monoisotopic (exact) mass is 279 g/mol.